The van der Waals surface area contributed by atoms with Gasteiger partial charge in [-0.2, -0.15) is 0 Å². The fraction of sp³-hybridized carbons (Fsp3) is 0.833. The molecule has 0 spiro atoms. The lowest BCUT2D eigenvalue weighted by atomic mass is 10.0. The number of hydrogen-bond donors (Lipinski definition) is 2. The first-order chi connectivity index (χ1) is 8.24. The van der Waals surface area contributed by atoms with Gasteiger partial charge in [-0.05, 0) is 32.7 Å². The number of hydrogen-bond acceptors (Lipinski definition) is 4. The van der Waals surface area contributed by atoms with E-state index in [0.717, 1.165) is 25.8 Å². The molecule has 0 saturated carbocycles. The van der Waals surface area contributed by atoms with E-state index in [4.69, 9.17) is 4.74 Å². The van der Waals surface area contributed by atoms with E-state index in [2.05, 4.69) is 10.6 Å². The number of nitrogens with one attached hydrogen (secondary N) is 2. The van der Waals surface area contributed by atoms with Crippen molar-refractivity contribution >= 4 is 11.9 Å². The molecule has 98 valence electrons. The van der Waals surface area contributed by atoms with E-state index in [9.17, 15) is 9.59 Å². The highest BCUT2D eigenvalue weighted by Gasteiger charge is 2.19. The van der Waals surface area contributed by atoms with Crippen LogP contribution in [0.3, 0.4) is 0 Å². The molecule has 2 N–H and O–H groups in total. The molecule has 0 aromatic heterocycles. The summed E-state index contributed by atoms with van der Waals surface area (Å²) in [6.07, 6.45) is 4.16. The highest BCUT2D eigenvalue weighted by Crippen LogP contribution is 2.06. The van der Waals surface area contributed by atoms with E-state index in [1.165, 1.54) is 0 Å². The standard InChI is InChI=1S/C12H22N2O3/c1-2-17-11(15)7-5-9-14-12(16)10-6-3-4-8-13-10/h10,13H,2-9H2,1H3,(H,14,16)/t10-/m1/s1. The molecule has 17 heavy (non-hydrogen) atoms. The average molecular weight is 242 g/mol. The molecule has 0 bridgehead atoms. The molecule has 0 aliphatic carbocycles. The van der Waals surface area contributed by atoms with Crippen molar-refractivity contribution in [2.24, 2.45) is 0 Å². The lowest BCUT2D eigenvalue weighted by Crippen LogP contribution is -2.46. The van der Waals surface area contributed by atoms with E-state index < -0.39 is 0 Å². The summed E-state index contributed by atoms with van der Waals surface area (Å²) in [5.41, 5.74) is 0. The summed E-state index contributed by atoms with van der Waals surface area (Å²) in [4.78, 5) is 22.7. The largest absolute Gasteiger partial charge is 0.466 e. The van der Waals surface area contributed by atoms with Gasteiger partial charge in [-0.15, -0.1) is 0 Å². The third kappa shape index (κ3) is 5.68. The van der Waals surface area contributed by atoms with Crippen molar-refractivity contribution in [1.82, 2.24) is 10.6 Å². The van der Waals surface area contributed by atoms with E-state index in [0.29, 0.717) is 26.0 Å². The smallest absolute Gasteiger partial charge is 0.305 e. The van der Waals surface area contributed by atoms with Crippen molar-refractivity contribution in [2.75, 3.05) is 19.7 Å². The highest BCUT2D eigenvalue weighted by atomic mass is 16.5. The predicted octanol–water partition coefficient (Wildman–Crippen LogP) is 0.588. The van der Waals surface area contributed by atoms with Gasteiger partial charge in [0.25, 0.3) is 0 Å². The maximum absolute atomic E-state index is 11.7. The summed E-state index contributed by atoms with van der Waals surface area (Å²) in [5.74, 6) is -0.147. The van der Waals surface area contributed by atoms with Crippen molar-refractivity contribution in [3.8, 4) is 0 Å². The molecule has 1 rings (SSSR count). The van der Waals surface area contributed by atoms with Gasteiger partial charge in [0.15, 0.2) is 0 Å². The lowest BCUT2D eigenvalue weighted by molar-refractivity contribution is -0.143. The van der Waals surface area contributed by atoms with Crippen LogP contribution in [0.4, 0.5) is 0 Å². The molecule has 0 radical (unpaired) electrons. The molecule has 1 fully saturated rings. The number of carbonyl (C=O) groups is 2. The van der Waals surface area contributed by atoms with Gasteiger partial charge in [0.2, 0.25) is 5.91 Å². The Bertz CT molecular complexity index is 250. The Hall–Kier alpha value is -1.10. The van der Waals surface area contributed by atoms with Gasteiger partial charge in [-0.25, -0.2) is 0 Å². The van der Waals surface area contributed by atoms with Crippen LogP contribution in [0.2, 0.25) is 0 Å². The Morgan fingerprint density at radius 2 is 2.24 bits per heavy atom. The van der Waals surface area contributed by atoms with Crippen molar-refractivity contribution in [3.05, 3.63) is 0 Å². The first kappa shape index (κ1) is 14.0. The van der Waals surface area contributed by atoms with E-state index in [1.807, 2.05) is 0 Å². The summed E-state index contributed by atoms with van der Waals surface area (Å²) in [6.45, 7) is 3.66. The maximum Gasteiger partial charge on any atom is 0.305 e. The molecule has 5 heteroatoms. The monoisotopic (exact) mass is 242 g/mol. The molecule has 1 aliphatic rings. The van der Waals surface area contributed by atoms with Crippen LogP contribution in [0.15, 0.2) is 0 Å². The topological polar surface area (TPSA) is 67.4 Å². The van der Waals surface area contributed by atoms with Crippen LogP contribution in [0.5, 0.6) is 0 Å². The molecule has 5 nitrogen and oxygen atoms in total. The molecule has 0 aromatic carbocycles. The predicted molar refractivity (Wildman–Crippen MR) is 64.5 cm³/mol. The van der Waals surface area contributed by atoms with Crippen molar-refractivity contribution in [2.45, 2.75) is 45.1 Å². The minimum Gasteiger partial charge on any atom is -0.466 e. The van der Waals surface area contributed by atoms with Crippen LogP contribution in [0.1, 0.15) is 39.0 Å². The second-order valence-electron chi connectivity index (χ2n) is 4.20. The number of carbonyl (C=O) groups excluding carboxylic acids is 2. The fourth-order valence-electron chi connectivity index (χ4n) is 1.88. The van der Waals surface area contributed by atoms with E-state index in [-0.39, 0.29) is 17.9 Å². The third-order valence-corrected chi connectivity index (χ3v) is 2.79. The van der Waals surface area contributed by atoms with Crippen LogP contribution in [-0.4, -0.2) is 37.6 Å². The second kappa shape index (κ2) is 8.06. The molecule has 1 aliphatic heterocycles. The SMILES string of the molecule is CCOC(=O)CCCNC(=O)[C@H]1CCCCN1. The molecule has 0 unspecified atom stereocenters. The van der Waals surface area contributed by atoms with Crippen molar-refractivity contribution < 1.29 is 14.3 Å². The quantitative estimate of drug-likeness (QED) is 0.528. The number of amides is 1. The summed E-state index contributed by atoms with van der Waals surface area (Å²) in [7, 11) is 0. The van der Waals surface area contributed by atoms with Gasteiger partial charge in [-0.3, -0.25) is 9.59 Å². The maximum atomic E-state index is 11.7. The van der Waals surface area contributed by atoms with Gasteiger partial charge in [0, 0.05) is 13.0 Å². The van der Waals surface area contributed by atoms with Crippen molar-refractivity contribution in [3.63, 3.8) is 0 Å². The van der Waals surface area contributed by atoms with Crippen LogP contribution >= 0.6 is 0 Å². The van der Waals surface area contributed by atoms with Crippen molar-refractivity contribution in [1.29, 1.82) is 0 Å². The molecular formula is C12H22N2O3. The summed E-state index contributed by atoms with van der Waals surface area (Å²) >= 11 is 0. The van der Waals surface area contributed by atoms with Gasteiger partial charge in [0.1, 0.15) is 0 Å². The zero-order valence-corrected chi connectivity index (χ0v) is 10.5. The summed E-state index contributed by atoms with van der Waals surface area (Å²) < 4.78 is 4.80. The Kier molecular flexibility index (Phi) is 6.62. The second-order valence-corrected chi connectivity index (χ2v) is 4.20. The van der Waals surface area contributed by atoms with Crippen LogP contribution in [0, 0.1) is 0 Å². The zero-order chi connectivity index (χ0) is 12.5. The van der Waals surface area contributed by atoms with Crippen LogP contribution in [-0.2, 0) is 14.3 Å². The average Bonchev–Trinajstić information content (AvgIpc) is 2.36. The summed E-state index contributed by atoms with van der Waals surface area (Å²) in [5, 5.41) is 6.03. The zero-order valence-electron chi connectivity index (χ0n) is 10.5. The van der Waals surface area contributed by atoms with Crippen LogP contribution < -0.4 is 10.6 Å². The Morgan fingerprint density at radius 1 is 1.41 bits per heavy atom. The Morgan fingerprint density at radius 3 is 2.88 bits per heavy atom. The van der Waals surface area contributed by atoms with Gasteiger partial charge in [0.05, 0.1) is 12.6 Å². The Balaban J connectivity index is 2.05. The van der Waals surface area contributed by atoms with Crippen LogP contribution in [0.25, 0.3) is 0 Å². The first-order valence-electron chi connectivity index (χ1n) is 6.40. The number of piperidine rings is 1. The van der Waals surface area contributed by atoms with Gasteiger partial charge in [-0.1, -0.05) is 6.42 Å². The first-order valence-corrected chi connectivity index (χ1v) is 6.40. The normalized spacial score (nSPS) is 19.7. The molecule has 1 amide bonds. The minimum atomic E-state index is -0.197. The lowest BCUT2D eigenvalue weighted by Gasteiger charge is -2.22. The molecule has 0 aromatic rings. The highest BCUT2D eigenvalue weighted by molar-refractivity contribution is 5.81. The number of rotatable bonds is 6. The number of esters is 1. The molecular weight excluding hydrogens is 220 g/mol. The molecule has 1 atom stereocenters. The fourth-order valence-corrected chi connectivity index (χ4v) is 1.88. The summed E-state index contributed by atoms with van der Waals surface area (Å²) in [6, 6.07) is -0.0497. The minimum absolute atomic E-state index is 0.0496. The molecule has 1 saturated heterocycles. The van der Waals surface area contributed by atoms with Gasteiger partial charge >= 0.3 is 5.97 Å². The van der Waals surface area contributed by atoms with E-state index >= 15 is 0 Å². The number of ether oxygens (including phenoxy) is 1. The third-order valence-electron chi connectivity index (χ3n) is 2.79. The van der Waals surface area contributed by atoms with E-state index in [1.54, 1.807) is 6.92 Å². The molecule has 1 heterocycles. The van der Waals surface area contributed by atoms with Gasteiger partial charge < -0.3 is 15.4 Å². The Labute approximate surface area is 102 Å².